The van der Waals surface area contributed by atoms with E-state index >= 15 is 0 Å². The summed E-state index contributed by atoms with van der Waals surface area (Å²) in [7, 11) is 0. The molecule has 1 fully saturated rings. The zero-order valence-corrected chi connectivity index (χ0v) is 11.3. The van der Waals surface area contributed by atoms with Crippen molar-refractivity contribution in [2.45, 2.75) is 12.8 Å². The summed E-state index contributed by atoms with van der Waals surface area (Å²) in [6.45, 7) is 0. The Kier molecular flexibility index (Phi) is 2.45. The van der Waals surface area contributed by atoms with Crippen molar-refractivity contribution < 1.29 is 14.4 Å². The standard InChI is InChI=1S/C18H12O3/c19-13-6-12-8-16-11(7-15(12)17(20)9-13)5-10-3-1-2-4-14(10)18(16)21/h1-5,7-8,12H,6,9H2. The van der Waals surface area contributed by atoms with Crippen molar-refractivity contribution in [2.75, 3.05) is 0 Å². The lowest BCUT2D eigenvalue weighted by Gasteiger charge is -2.28. The van der Waals surface area contributed by atoms with Crippen LogP contribution in [-0.2, 0) is 9.59 Å². The molecule has 3 aliphatic rings. The molecule has 3 nitrogen and oxygen atoms in total. The first kappa shape index (κ1) is 12.2. The maximum Gasteiger partial charge on any atom is 0.193 e. The molecule has 0 radical (unpaired) electrons. The number of Topliss-reactive ketones (excluding diaryl/α,β-unsaturated/α-hetero) is 3. The Labute approximate surface area is 121 Å². The quantitative estimate of drug-likeness (QED) is 0.684. The maximum atomic E-state index is 12.6. The Morgan fingerprint density at radius 1 is 1.00 bits per heavy atom. The number of carbonyl (C=O) groups excluding carboxylic acids is 3. The van der Waals surface area contributed by atoms with Crippen LogP contribution >= 0.6 is 0 Å². The molecule has 1 saturated carbocycles. The first-order chi connectivity index (χ1) is 10.1. The molecular weight excluding hydrogens is 264 g/mol. The molecule has 0 saturated heterocycles. The largest absolute Gasteiger partial charge is 0.299 e. The summed E-state index contributed by atoms with van der Waals surface area (Å²) in [6, 6.07) is 7.44. The van der Waals surface area contributed by atoms with Crippen LogP contribution in [0.25, 0.3) is 6.08 Å². The molecule has 1 unspecified atom stereocenters. The van der Waals surface area contributed by atoms with E-state index < -0.39 is 0 Å². The van der Waals surface area contributed by atoms with Gasteiger partial charge in [0.05, 0.1) is 6.42 Å². The molecule has 3 heteroatoms. The number of hydrogen-bond acceptors (Lipinski definition) is 3. The highest BCUT2D eigenvalue weighted by molar-refractivity contribution is 6.19. The van der Waals surface area contributed by atoms with Gasteiger partial charge in [0.2, 0.25) is 0 Å². The molecule has 102 valence electrons. The number of allylic oxidation sites excluding steroid dienone is 5. The van der Waals surface area contributed by atoms with Crippen LogP contribution in [0.4, 0.5) is 0 Å². The highest BCUT2D eigenvalue weighted by atomic mass is 16.1. The minimum Gasteiger partial charge on any atom is -0.299 e. The van der Waals surface area contributed by atoms with E-state index in [-0.39, 0.29) is 29.7 Å². The topological polar surface area (TPSA) is 51.2 Å². The third-order valence-electron chi connectivity index (χ3n) is 4.28. The Hall–Kier alpha value is -2.55. The van der Waals surface area contributed by atoms with E-state index in [4.69, 9.17) is 0 Å². The lowest BCUT2D eigenvalue weighted by molar-refractivity contribution is -0.127. The molecule has 3 aliphatic carbocycles. The lowest BCUT2D eigenvalue weighted by Crippen LogP contribution is -2.28. The van der Waals surface area contributed by atoms with Crippen LogP contribution in [0.1, 0.15) is 28.8 Å². The molecule has 0 aliphatic heterocycles. The second-order valence-electron chi connectivity index (χ2n) is 5.65. The average molecular weight is 276 g/mol. The van der Waals surface area contributed by atoms with Gasteiger partial charge in [0.15, 0.2) is 11.6 Å². The van der Waals surface area contributed by atoms with Crippen LogP contribution in [0.2, 0.25) is 0 Å². The third-order valence-corrected chi connectivity index (χ3v) is 4.28. The minimum absolute atomic E-state index is 0.0106. The average Bonchev–Trinajstić information content (AvgIpc) is 2.47. The van der Waals surface area contributed by atoms with Crippen LogP contribution < -0.4 is 0 Å². The van der Waals surface area contributed by atoms with Crippen LogP contribution in [0.3, 0.4) is 0 Å². The number of carbonyl (C=O) groups is 3. The van der Waals surface area contributed by atoms with Crippen molar-refractivity contribution in [1.82, 2.24) is 0 Å². The van der Waals surface area contributed by atoms with Crippen LogP contribution in [0, 0.1) is 5.92 Å². The van der Waals surface area contributed by atoms with Gasteiger partial charge in [-0.05, 0) is 23.3 Å². The monoisotopic (exact) mass is 276 g/mol. The van der Waals surface area contributed by atoms with Crippen molar-refractivity contribution in [3.05, 3.63) is 64.3 Å². The molecule has 1 aromatic carbocycles. The fourth-order valence-corrected chi connectivity index (χ4v) is 3.26. The Morgan fingerprint density at radius 3 is 2.67 bits per heavy atom. The first-order valence-corrected chi connectivity index (χ1v) is 6.97. The van der Waals surface area contributed by atoms with Gasteiger partial charge in [-0.15, -0.1) is 0 Å². The number of hydrogen-bond donors (Lipinski definition) is 0. The molecular formula is C18H12O3. The predicted octanol–water partition coefficient (Wildman–Crippen LogP) is 2.68. The summed E-state index contributed by atoms with van der Waals surface area (Å²) in [4.78, 5) is 36.2. The van der Waals surface area contributed by atoms with E-state index in [1.165, 1.54) is 0 Å². The van der Waals surface area contributed by atoms with E-state index in [9.17, 15) is 14.4 Å². The summed E-state index contributed by atoms with van der Waals surface area (Å²) < 4.78 is 0. The van der Waals surface area contributed by atoms with Gasteiger partial charge in [-0.3, -0.25) is 14.4 Å². The number of fused-ring (bicyclic) bond motifs is 3. The predicted molar refractivity (Wildman–Crippen MR) is 77.7 cm³/mol. The first-order valence-electron chi connectivity index (χ1n) is 6.97. The van der Waals surface area contributed by atoms with E-state index in [0.717, 1.165) is 11.1 Å². The summed E-state index contributed by atoms with van der Waals surface area (Å²) in [5.41, 5.74) is 3.62. The molecule has 1 atom stereocenters. The van der Waals surface area contributed by atoms with Crippen molar-refractivity contribution in [1.29, 1.82) is 0 Å². The molecule has 4 rings (SSSR count). The maximum absolute atomic E-state index is 12.6. The normalized spacial score (nSPS) is 23.5. The van der Waals surface area contributed by atoms with Gasteiger partial charge in [0, 0.05) is 29.0 Å². The van der Waals surface area contributed by atoms with Crippen molar-refractivity contribution in [3.63, 3.8) is 0 Å². The Morgan fingerprint density at radius 2 is 1.81 bits per heavy atom. The fraction of sp³-hybridized carbons (Fsp3) is 0.167. The summed E-state index contributed by atoms with van der Waals surface area (Å²) >= 11 is 0. The highest BCUT2D eigenvalue weighted by Crippen LogP contribution is 2.38. The molecule has 0 bridgehead atoms. The second kappa shape index (κ2) is 4.22. The van der Waals surface area contributed by atoms with Crippen LogP contribution in [-0.4, -0.2) is 17.3 Å². The van der Waals surface area contributed by atoms with Gasteiger partial charge in [0.1, 0.15) is 5.78 Å². The van der Waals surface area contributed by atoms with Crippen molar-refractivity contribution in [3.8, 4) is 0 Å². The molecule has 21 heavy (non-hydrogen) atoms. The van der Waals surface area contributed by atoms with E-state index in [0.29, 0.717) is 23.1 Å². The van der Waals surface area contributed by atoms with Crippen LogP contribution in [0.5, 0.6) is 0 Å². The fourth-order valence-electron chi connectivity index (χ4n) is 3.26. The number of benzene rings is 1. The van der Waals surface area contributed by atoms with Gasteiger partial charge in [-0.25, -0.2) is 0 Å². The van der Waals surface area contributed by atoms with Crippen molar-refractivity contribution >= 4 is 23.4 Å². The summed E-state index contributed by atoms with van der Waals surface area (Å²) in [5.74, 6) is -0.419. The van der Waals surface area contributed by atoms with Gasteiger partial charge in [-0.2, -0.15) is 0 Å². The third kappa shape index (κ3) is 1.77. The molecule has 1 aromatic rings. The Bertz CT molecular complexity index is 806. The minimum atomic E-state index is -0.236. The molecule has 0 heterocycles. The van der Waals surface area contributed by atoms with Gasteiger partial charge >= 0.3 is 0 Å². The van der Waals surface area contributed by atoms with E-state index in [2.05, 4.69) is 0 Å². The van der Waals surface area contributed by atoms with Crippen LogP contribution in [0.15, 0.2) is 53.1 Å². The summed E-state index contributed by atoms with van der Waals surface area (Å²) in [5, 5.41) is 0. The van der Waals surface area contributed by atoms with E-state index in [1.807, 2.05) is 30.3 Å². The SMILES string of the molecule is O=C1CC(=O)C2=CC3=Cc4ccccc4C(=O)C3=CC2C1. The van der Waals surface area contributed by atoms with Crippen molar-refractivity contribution in [2.24, 2.45) is 5.92 Å². The molecule has 0 N–H and O–H groups in total. The highest BCUT2D eigenvalue weighted by Gasteiger charge is 2.35. The van der Waals surface area contributed by atoms with Gasteiger partial charge in [-0.1, -0.05) is 30.3 Å². The Balaban J connectivity index is 1.88. The smallest absolute Gasteiger partial charge is 0.193 e. The summed E-state index contributed by atoms with van der Waals surface area (Å²) in [6.07, 6.45) is 5.85. The molecule has 0 aromatic heterocycles. The second-order valence-corrected chi connectivity index (χ2v) is 5.65. The van der Waals surface area contributed by atoms with Gasteiger partial charge in [0.25, 0.3) is 0 Å². The molecule has 0 amide bonds. The number of ketones is 3. The van der Waals surface area contributed by atoms with E-state index in [1.54, 1.807) is 12.2 Å². The lowest BCUT2D eigenvalue weighted by atomic mass is 9.73. The number of rotatable bonds is 0. The zero-order valence-electron chi connectivity index (χ0n) is 11.3. The zero-order chi connectivity index (χ0) is 14.6. The molecule has 0 spiro atoms. The van der Waals surface area contributed by atoms with Gasteiger partial charge < -0.3 is 0 Å².